The average molecular weight is 267 g/mol. The van der Waals surface area contributed by atoms with Crippen molar-refractivity contribution in [1.29, 1.82) is 0 Å². The largest absolute Gasteiger partial charge is 0.381 e. The summed E-state index contributed by atoms with van der Waals surface area (Å²) >= 11 is 0. The van der Waals surface area contributed by atoms with Gasteiger partial charge in [0.05, 0.1) is 12.1 Å². The molecule has 2 unspecified atom stereocenters. The summed E-state index contributed by atoms with van der Waals surface area (Å²) in [6.07, 6.45) is 4.71. The number of ether oxygens (including phenoxy) is 2. The first-order valence-corrected chi connectivity index (χ1v) is 7.54. The van der Waals surface area contributed by atoms with E-state index in [1.54, 1.807) is 0 Å². The van der Waals surface area contributed by atoms with Crippen LogP contribution in [0.2, 0.25) is 0 Å². The molecule has 1 saturated carbocycles. The molecule has 2 aliphatic heterocycles. The smallest absolute Gasteiger partial charge is 0.191 e. The van der Waals surface area contributed by atoms with Crippen molar-refractivity contribution in [3.63, 3.8) is 0 Å². The van der Waals surface area contributed by atoms with E-state index in [0.717, 1.165) is 58.1 Å². The third-order valence-electron chi connectivity index (χ3n) is 5.00. The third-order valence-corrected chi connectivity index (χ3v) is 5.00. The summed E-state index contributed by atoms with van der Waals surface area (Å²) in [6, 6.07) is 0.327. The van der Waals surface area contributed by atoms with Gasteiger partial charge >= 0.3 is 0 Å². The van der Waals surface area contributed by atoms with Crippen LogP contribution in [0.15, 0.2) is 4.99 Å². The normalized spacial score (nSPS) is 33.9. The molecule has 0 bridgehead atoms. The molecule has 1 spiro atoms. The zero-order valence-electron chi connectivity index (χ0n) is 11.8. The molecule has 3 rings (SSSR count). The zero-order valence-corrected chi connectivity index (χ0v) is 11.8. The molecule has 2 saturated heterocycles. The van der Waals surface area contributed by atoms with Crippen LogP contribution < -0.4 is 5.73 Å². The lowest BCUT2D eigenvalue weighted by atomic mass is 9.58. The van der Waals surface area contributed by atoms with Gasteiger partial charge in [-0.05, 0) is 32.6 Å². The Morgan fingerprint density at radius 1 is 1.42 bits per heavy atom. The van der Waals surface area contributed by atoms with Gasteiger partial charge < -0.3 is 20.1 Å². The topological polar surface area (TPSA) is 60.1 Å². The predicted octanol–water partition coefficient (Wildman–Crippen LogP) is 0.981. The van der Waals surface area contributed by atoms with Gasteiger partial charge in [0.2, 0.25) is 0 Å². The Balaban J connectivity index is 1.70. The second kappa shape index (κ2) is 5.29. The van der Waals surface area contributed by atoms with Gasteiger partial charge in [0.1, 0.15) is 0 Å². The first kappa shape index (κ1) is 13.2. The number of hydrogen-bond donors (Lipinski definition) is 1. The SMILES string of the molecule is CCOC1CC(N=C(N)N2CCC2)C12CCOCC2. The highest BCUT2D eigenvalue weighted by molar-refractivity contribution is 5.79. The fourth-order valence-electron chi connectivity index (χ4n) is 3.54. The van der Waals surface area contributed by atoms with Gasteiger partial charge in [-0.3, -0.25) is 0 Å². The monoisotopic (exact) mass is 267 g/mol. The fourth-order valence-corrected chi connectivity index (χ4v) is 3.54. The van der Waals surface area contributed by atoms with E-state index < -0.39 is 0 Å². The maximum absolute atomic E-state index is 6.10. The Labute approximate surface area is 115 Å². The molecule has 0 aromatic heterocycles. The lowest BCUT2D eigenvalue weighted by Crippen LogP contribution is -2.61. The second-order valence-electron chi connectivity index (χ2n) is 5.87. The lowest BCUT2D eigenvalue weighted by Gasteiger charge is -2.55. The average Bonchev–Trinajstić information content (AvgIpc) is 2.36. The van der Waals surface area contributed by atoms with Crippen LogP contribution in [0, 0.1) is 5.41 Å². The highest BCUT2D eigenvalue weighted by atomic mass is 16.5. The van der Waals surface area contributed by atoms with Crippen molar-refractivity contribution in [3.05, 3.63) is 0 Å². The molecule has 19 heavy (non-hydrogen) atoms. The van der Waals surface area contributed by atoms with Gasteiger partial charge in [0.25, 0.3) is 0 Å². The summed E-state index contributed by atoms with van der Waals surface area (Å²) in [6.45, 7) is 6.64. The minimum absolute atomic E-state index is 0.184. The molecule has 0 aromatic rings. The molecule has 2 atom stereocenters. The Hall–Kier alpha value is -0.810. The Bertz CT molecular complexity index is 349. The Kier molecular flexibility index (Phi) is 3.67. The Morgan fingerprint density at radius 3 is 2.74 bits per heavy atom. The van der Waals surface area contributed by atoms with Crippen LogP contribution in [-0.2, 0) is 9.47 Å². The van der Waals surface area contributed by atoms with Crippen molar-refractivity contribution in [2.24, 2.45) is 16.1 Å². The van der Waals surface area contributed by atoms with Crippen molar-refractivity contribution in [3.8, 4) is 0 Å². The number of hydrogen-bond acceptors (Lipinski definition) is 3. The molecule has 1 aliphatic carbocycles. The molecule has 108 valence electrons. The maximum Gasteiger partial charge on any atom is 0.191 e. The van der Waals surface area contributed by atoms with Crippen LogP contribution in [0.25, 0.3) is 0 Å². The minimum Gasteiger partial charge on any atom is -0.381 e. The van der Waals surface area contributed by atoms with Crippen molar-refractivity contribution >= 4 is 5.96 Å². The number of rotatable bonds is 3. The van der Waals surface area contributed by atoms with E-state index in [1.807, 2.05) is 0 Å². The summed E-state index contributed by atoms with van der Waals surface area (Å²) in [5, 5.41) is 0. The van der Waals surface area contributed by atoms with E-state index in [1.165, 1.54) is 6.42 Å². The van der Waals surface area contributed by atoms with E-state index in [9.17, 15) is 0 Å². The van der Waals surface area contributed by atoms with E-state index in [2.05, 4.69) is 11.8 Å². The van der Waals surface area contributed by atoms with Gasteiger partial charge in [0.15, 0.2) is 5.96 Å². The molecule has 2 heterocycles. The van der Waals surface area contributed by atoms with Crippen LogP contribution in [0.5, 0.6) is 0 Å². The third kappa shape index (κ3) is 2.23. The van der Waals surface area contributed by atoms with E-state index in [0.29, 0.717) is 12.1 Å². The molecule has 5 nitrogen and oxygen atoms in total. The molecule has 0 amide bonds. The van der Waals surface area contributed by atoms with Crippen molar-refractivity contribution in [1.82, 2.24) is 4.90 Å². The first-order chi connectivity index (χ1) is 9.26. The summed E-state index contributed by atoms with van der Waals surface area (Å²) in [5.41, 5.74) is 6.29. The first-order valence-electron chi connectivity index (χ1n) is 7.54. The van der Waals surface area contributed by atoms with Crippen LogP contribution in [0.1, 0.15) is 32.6 Å². The molecular formula is C14H25N3O2. The lowest BCUT2D eigenvalue weighted by molar-refractivity contribution is -0.163. The maximum atomic E-state index is 6.10. The predicted molar refractivity (Wildman–Crippen MR) is 74.1 cm³/mol. The number of nitrogens with zero attached hydrogens (tertiary/aromatic N) is 2. The van der Waals surface area contributed by atoms with Crippen LogP contribution in [0.4, 0.5) is 0 Å². The van der Waals surface area contributed by atoms with Gasteiger partial charge in [-0.15, -0.1) is 0 Å². The number of nitrogens with two attached hydrogens (primary N) is 1. The highest BCUT2D eigenvalue weighted by Crippen LogP contribution is 2.52. The molecule has 3 fully saturated rings. The van der Waals surface area contributed by atoms with Crippen molar-refractivity contribution in [2.45, 2.75) is 44.8 Å². The van der Waals surface area contributed by atoms with Crippen molar-refractivity contribution < 1.29 is 9.47 Å². The quantitative estimate of drug-likeness (QED) is 0.612. The minimum atomic E-state index is 0.184. The van der Waals surface area contributed by atoms with E-state index in [4.69, 9.17) is 20.2 Å². The highest BCUT2D eigenvalue weighted by Gasteiger charge is 2.56. The number of aliphatic imine (C=N–C) groups is 1. The molecule has 3 aliphatic rings. The molecular weight excluding hydrogens is 242 g/mol. The van der Waals surface area contributed by atoms with Gasteiger partial charge in [-0.2, -0.15) is 0 Å². The van der Waals surface area contributed by atoms with Crippen LogP contribution in [-0.4, -0.2) is 55.9 Å². The molecule has 0 aromatic carbocycles. The summed E-state index contributed by atoms with van der Waals surface area (Å²) in [5.74, 6) is 0.733. The number of likely N-dealkylation sites (tertiary alicyclic amines) is 1. The summed E-state index contributed by atoms with van der Waals surface area (Å²) < 4.78 is 11.4. The standard InChI is InChI=1S/C14H25N3O2/c1-2-19-12-10-11(14(12)4-8-18-9-5-14)16-13(15)17-6-3-7-17/h11-12H,2-10H2,1H3,(H2,15,16). The summed E-state index contributed by atoms with van der Waals surface area (Å²) in [7, 11) is 0. The van der Waals surface area contributed by atoms with E-state index in [-0.39, 0.29) is 5.41 Å². The van der Waals surface area contributed by atoms with E-state index >= 15 is 0 Å². The van der Waals surface area contributed by atoms with Crippen LogP contribution >= 0.6 is 0 Å². The molecule has 2 N–H and O–H groups in total. The fraction of sp³-hybridized carbons (Fsp3) is 0.929. The molecule has 5 heteroatoms. The van der Waals surface area contributed by atoms with Crippen molar-refractivity contribution in [2.75, 3.05) is 32.9 Å². The second-order valence-corrected chi connectivity index (χ2v) is 5.87. The number of guanidine groups is 1. The Morgan fingerprint density at radius 2 is 2.16 bits per heavy atom. The van der Waals surface area contributed by atoms with Gasteiger partial charge in [-0.25, -0.2) is 4.99 Å². The van der Waals surface area contributed by atoms with Gasteiger partial charge in [0, 0.05) is 38.3 Å². The molecule has 0 radical (unpaired) electrons. The zero-order chi connectivity index (χ0) is 13.3. The van der Waals surface area contributed by atoms with Crippen LogP contribution in [0.3, 0.4) is 0 Å². The van der Waals surface area contributed by atoms with Gasteiger partial charge in [-0.1, -0.05) is 0 Å². The summed E-state index contributed by atoms with van der Waals surface area (Å²) in [4.78, 5) is 6.97.